The molecule has 1 aliphatic heterocycles. The van der Waals surface area contributed by atoms with E-state index in [2.05, 4.69) is 0 Å². The maximum atomic E-state index is 12.7. The van der Waals surface area contributed by atoms with Gasteiger partial charge >= 0.3 is 5.97 Å². The number of carbonyl (C=O) groups excluding carboxylic acids is 2. The number of allylic oxidation sites excluding steroid dienone is 2. The van der Waals surface area contributed by atoms with Crippen molar-refractivity contribution < 1.29 is 19.5 Å². The summed E-state index contributed by atoms with van der Waals surface area (Å²) in [5.74, 6) is -1.93. The molecule has 2 aromatic carbocycles. The molecule has 0 spiro atoms. The molecule has 2 aromatic rings. The van der Waals surface area contributed by atoms with Crippen LogP contribution in [0.2, 0.25) is 0 Å². The molecule has 0 aliphatic carbocycles. The summed E-state index contributed by atoms with van der Waals surface area (Å²) in [5, 5.41) is 9.32. The van der Waals surface area contributed by atoms with Gasteiger partial charge in [-0.05, 0) is 23.8 Å². The largest absolute Gasteiger partial charge is 0.478 e. The van der Waals surface area contributed by atoms with Crippen LogP contribution >= 0.6 is 24.0 Å². The van der Waals surface area contributed by atoms with Gasteiger partial charge in [-0.2, -0.15) is 0 Å². The zero-order valence-corrected chi connectivity index (χ0v) is 17.7. The Labute approximate surface area is 183 Å². The summed E-state index contributed by atoms with van der Waals surface area (Å²) < 4.78 is 0.285. The highest BCUT2D eigenvalue weighted by Crippen LogP contribution is 2.31. The first-order chi connectivity index (χ1) is 14.4. The molecule has 1 saturated heterocycles. The van der Waals surface area contributed by atoms with E-state index < -0.39 is 11.9 Å². The van der Waals surface area contributed by atoms with Crippen molar-refractivity contribution in [2.75, 3.05) is 18.5 Å². The van der Waals surface area contributed by atoms with Gasteiger partial charge in [0.25, 0.3) is 5.91 Å². The number of likely N-dealkylation sites (N-methyl/N-ethyl adjacent to an activating group) is 1. The molecule has 0 atom stereocenters. The summed E-state index contributed by atoms with van der Waals surface area (Å²) >= 11 is 6.39. The highest BCUT2D eigenvalue weighted by atomic mass is 32.2. The van der Waals surface area contributed by atoms with Crippen LogP contribution in [0.25, 0.3) is 6.08 Å². The molecular formula is C22H18N2O4S2. The summed E-state index contributed by atoms with van der Waals surface area (Å²) in [6.07, 6.45) is 5.30. The van der Waals surface area contributed by atoms with Gasteiger partial charge in [0.2, 0.25) is 5.91 Å². The van der Waals surface area contributed by atoms with E-state index in [1.54, 1.807) is 30.4 Å². The highest BCUT2D eigenvalue weighted by Gasteiger charge is 2.34. The molecule has 1 fully saturated rings. The quantitative estimate of drug-likeness (QED) is 0.546. The van der Waals surface area contributed by atoms with Gasteiger partial charge in [0.1, 0.15) is 10.9 Å². The Balaban J connectivity index is 1.71. The second kappa shape index (κ2) is 9.51. The van der Waals surface area contributed by atoms with E-state index in [1.165, 1.54) is 22.9 Å². The Morgan fingerprint density at radius 3 is 2.50 bits per heavy atom. The van der Waals surface area contributed by atoms with Gasteiger partial charge < -0.3 is 10.0 Å². The fourth-order valence-corrected chi connectivity index (χ4v) is 3.99. The molecular weight excluding hydrogens is 420 g/mol. The third-order valence-electron chi connectivity index (χ3n) is 4.37. The zero-order valence-electron chi connectivity index (χ0n) is 16.0. The SMILES string of the molecule is CN(C(=O)CN1C(=O)/C(=C/C=C/c2ccccc2)SC1=S)c1ccccc1C(=O)O. The van der Waals surface area contributed by atoms with Crippen molar-refractivity contribution in [3.05, 3.63) is 82.8 Å². The number of hydrogen-bond acceptors (Lipinski definition) is 5. The Morgan fingerprint density at radius 2 is 1.80 bits per heavy atom. The Kier molecular flexibility index (Phi) is 6.81. The van der Waals surface area contributed by atoms with Crippen molar-refractivity contribution in [3.8, 4) is 0 Å². The van der Waals surface area contributed by atoms with E-state index in [-0.39, 0.29) is 28.0 Å². The van der Waals surface area contributed by atoms with Crippen molar-refractivity contribution in [2.24, 2.45) is 0 Å². The minimum absolute atomic E-state index is 0.00434. The van der Waals surface area contributed by atoms with Gasteiger partial charge in [-0.25, -0.2) is 4.79 Å². The second-order valence-electron chi connectivity index (χ2n) is 6.34. The summed E-state index contributed by atoms with van der Waals surface area (Å²) in [6, 6.07) is 15.8. The van der Waals surface area contributed by atoms with Crippen LogP contribution in [-0.4, -0.2) is 45.7 Å². The lowest BCUT2D eigenvalue weighted by Crippen LogP contribution is -2.40. The zero-order chi connectivity index (χ0) is 21.7. The van der Waals surface area contributed by atoms with Crippen molar-refractivity contribution in [1.82, 2.24) is 4.90 Å². The van der Waals surface area contributed by atoms with E-state index in [0.29, 0.717) is 4.91 Å². The van der Waals surface area contributed by atoms with Crippen molar-refractivity contribution in [1.29, 1.82) is 0 Å². The van der Waals surface area contributed by atoms with Crippen LogP contribution in [-0.2, 0) is 9.59 Å². The summed E-state index contributed by atoms with van der Waals surface area (Å²) in [6.45, 7) is -0.269. The molecule has 0 saturated carbocycles. The predicted molar refractivity (Wildman–Crippen MR) is 122 cm³/mol. The Bertz CT molecular complexity index is 1060. The maximum absolute atomic E-state index is 12.7. The number of para-hydroxylation sites is 1. The molecule has 1 heterocycles. The molecule has 0 bridgehead atoms. The van der Waals surface area contributed by atoms with Crippen molar-refractivity contribution in [3.63, 3.8) is 0 Å². The van der Waals surface area contributed by atoms with Crippen LogP contribution in [0.1, 0.15) is 15.9 Å². The predicted octanol–water partition coefficient (Wildman–Crippen LogP) is 3.81. The molecule has 1 N–H and O–H groups in total. The van der Waals surface area contributed by atoms with Crippen LogP contribution in [0.3, 0.4) is 0 Å². The summed E-state index contributed by atoms with van der Waals surface area (Å²) in [7, 11) is 1.47. The molecule has 30 heavy (non-hydrogen) atoms. The lowest BCUT2D eigenvalue weighted by Gasteiger charge is -2.22. The van der Waals surface area contributed by atoms with Crippen LogP contribution in [0.4, 0.5) is 5.69 Å². The van der Waals surface area contributed by atoms with Gasteiger partial charge in [-0.1, -0.05) is 78.6 Å². The number of hydrogen-bond donors (Lipinski definition) is 1. The first kappa shape index (κ1) is 21.5. The number of nitrogens with zero attached hydrogens (tertiary/aromatic N) is 2. The van der Waals surface area contributed by atoms with Crippen molar-refractivity contribution >= 4 is 57.8 Å². The van der Waals surface area contributed by atoms with E-state index in [0.717, 1.165) is 17.3 Å². The molecule has 0 aromatic heterocycles. The molecule has 6 nitrogen and oxygen atoms in total. The average Bonchev–Trinajstić information content (AvgIpc) is 3.01. The normalized spacial score (nSPS) is 15.2. The fourth-order valence-electron chi connectivity index (χ4n) is 2.78. The van der Waals surface area contributed by atoms with Crippen molar-refractivity contribution in [2.45, 2.75) is 0 Å². The third-order valence-corrected chi connectivity index (χ3v) is 5.77. The molecule has 152 valence electrons. The van der Waals surface area contributed by atoms with Gasteiger partial charge in [0.15, 0.2) is 0 Å². The second-order valence-corrected chi connectivity index (χ2v) is 8.01. The van der Waals surface area contributed by atoms with E-state index in [1.807, 2.05) is 36.4 Å². The smallest absolute Gasteiger partial charge is 0.337 e. The van der Waals surface area contributed by atoms with Crippen LogP contribution in [0.5, 0.6) is 0 Å². The Morgan fingerprint density at radius 1 is 1.13 bits per heavy atom. The van der Waals surface area contributed by atoms with Gasteiger partial charge in [0.05, 0.1) is 16.2 Å². The first-order valence-electron chi connectivity index (χ1n) is 8.94. The highest BCUT2D eigenvalue weighted by molar-refractivity contribution is 8.26. The number of anilines is 1. The lowest BCUT2D eigenvalue weighted by atomic mass is 10.1. The average molecular weight is 439 g/mol. The van der Waals surface area contributed by atoms with Crippen LogP contribution in [0.15, 0.2) is 71.7 Å². The number of carboxylic acids is 1. The first-order valence-corrected chi connectivity index (χ1v) is 10.2. The number of rotatable bonds is 6. The van der Waals surface area contributed by atoms with E-state index in [9.17, 15) is 19.5 Å². The number of amides is 2. The van der Waals surface area contributed by atoms with E-state index >= 15 is 0 Å². The minimum Gasteiger partial charge on any atom is -0.478 e. The standard InChI is InChI=1S/C22H18N2O4S2/c1-23(17-12-6-5-11-16(17)21(27)28)19(25)14-24-20(26)18(30-22(24)29)13-7-10-15-8-3-2-4-9-15/h2-13H,14H2,1H3,(H,27,28)/b10-7+,18-13-. The van der Waals surface area contributed by atoms with Gasteiger partial charge in [-0.3, -0.25) is 14.5 Å². The molecule has 0 radical (unpaired) electrons. The van der Waals surface area contributed by atoms with Crippen LogP contribution < -0.4 is 4.90 Å². The minimum atomic E-state index is -1.14. The number of benzene rings is 2. The Hall–Kier alpha value is -3.23. The molecule has 1 aliphatic rings. The van der Waals surface area contributed by atoms with Gasteiger partial charge in [0, 0.05) is 7.05 Å². The number of thiocarbonyl (C=S) groups is 1. The topological polar surface area (TPSA) is 77.9 Å². The number of carbonyl (C=O) groups is 3. The number of aromatic carboxylic acids is 1. The molecule has 2 amide bonds. The molecule has 3 rings (SSSR count). The number of carboxylic acid groups (broad SMARTS) is 1. The van der Waals surface area contributed by atoms with Crippen LogP contribution in [0, 0.1) is 0 Å². The monoisotopic (exact) mass is 438 g/mol. The third kappa shape index (κ3) is 4.84. The summed E-state index contributed by atoms with van der Waals surface area (Å²) in [5.41, 5.74) is 1.25. The maximum Gasteiger partial charge on any atom is 0.337 e. The molecule has 0 unspecified atom stereocenters. The number of thioether (sulfide) groups is 1. The lowest BCUT2D eigenvalue weighted by molar-refractivity contribution is -0.127. The fraction of sp³-hybridized carbons (Fsp3) is 0.0909. The summed E-state index contributed by atoms with van der Waals surface area (Å²) in [4.78, 5) is 39.7. The molecule has 8 heteroatoms. The van der Waals surface area contributed by atoms with E-state index in [4.69, 9.17) is 12.2 Å². The van der Waals surface area contributed by atoms with Gasteiger partial charge in [-0.15, -0.1) is 0 Å².